The zero-order valence-electron chi connectivity index (χ0n) is 15.5. The third kappa shape index (κ3) is 3.29. The number of carbonyl (C=O) groups is 2. The number of methoxy groups -OCH3 is 1. The number of carbonyl (C=O) groups excluding carboxylic acids is 2. The fraction of sp³-hybridized carbons (Fsp3) is 0.421. The van der Waals surface area contributed by atoms with Gasteiger partial charge < -0.3 is 9.64 Å². The molecule has 0 unspecified atom stereocenters. The molecule has 3 rings (SSSR count). The lowest BCUT2D eigenvalue weighted by molar-refractivity contribution is 0.0598. The van der Waals surface area contributed by atoms with Crippen molar-refractivity contribution in [2.45, 2.75) is 33.6 Å². The zero-order valence-corrected chi connectivity index (χ0v) is 15.5. The van der Waals surface area contributed by atoms with Crippen molar-refractivity contribution < 1.29 is 14.3 Å². The number of hydrogen-bond donors (Lipinski definition) is 0. The Hall–Kier alpha value is -2.83. The quantitative estimate of drug-likeness (QED) is 0.765. The molecule has 0 aromatic carbocycles. The minimum atomic E-state index is -0.387. The van der Waals surface area contributed by atoms with E-state index in [9.17, 15) is 9.59 Å². The largest absolute Gasteiger partial charge is 0.465 e. The number of pyridine rings is 1. The molecular formula is C19H22N4O3. The SMILES string of the molecule is COC(=O)c1cc2c(nc1C)CCN(C(=O)c1ncnc(C)c1C)CC2. The molecule has 136 valence electrons. The summed E-state index contributed by atoms with van der Waals surface area (Å²) in [4.78, 5) is 39.5. The second-order valence-corrected chi connectivity index (χ2v) is 6.44. The van der Waals surface area contributed by atoms with Gasteiger partial charge in [-0.2, -0.15) is 0 Å². The molecule has 2 aromatic heterocycles. The van der Waals surface area contributed by atoms with Gasteiger partial charge in [-0.3, -0.25) is 9.78 Å². The lowest BCUT2D eigenvalue weighted by Gasteiger charge is -2.20. The number of esters is 1. The standard InChI is InChI=1S/C19H22N4O3/c1-11-12(2)20-10-21-17(11)18(24)23-7-5-14-9-15(19(25)26-4)13(3)22-16(14)6-8-23/h9-10H,5-8H2,1-4H3. The smallest absolute Gasteiger partial charge is 0.339 e. The van der Waals surface area contributed by atoms with E-state index in [0.717, 1.165) is 22.5 Å². The van der Waals surface area contributed by atoms with Crippen LogP contribution in [0, 0.1) is 20.8 Å². The van der Waals surface area contributed by atoms with Crippen LogP contribution in [0.3, 0.4) is 0 Å². The van der Waals surface area contributed by atoms with Crippen molar-refractivity contribution in [1.29, 1.82) is 0 Å². The van der Waals surface area contributed by atoms with Crippen LogP contribution in [0.4, 0.5) is 0 Å². The number of fused-ring (bicyclic) bond motifs is 1. The molecule has 3 heterocycles. The third-order valence-electron chi connectivity index (χ3n) is 4.88. The molecule has 7 heteroatoms. The van der Waals surface area contributed by atoms with E-state index in [2.05, 4.69) is 15.0 Å². The Kier molecular flexibility index (Phi) is 4.97. The van der Waals surface area contributed by atoms with Crippen molar-refractivity contribution in [2.75, 3.05) is 20.2 Å². The van der Waals surface area contributed by atoms with Crippen LogP contribution in [0.25, 0.3) is 0 Å². The van der Waals surface area contributed by atoms with E-state index in [1.165, 1.54) is 13.4 Å². The maximum Gasteiger partial charge on any atom is 0.339 e. The first-order valence-electron chi connectivity index (χ1n) is 8.57. The summed E-state index contributed by atoms with van der Waals surface area (Å²) < 4.78 is 4.82. The topological polar surface area (TPSA) is 85.3 Å². The second kappa shape index (κ2) is 7.19. The van der Waals surface area contributed by atoms with Gasteiger partial charge in [-0.15, -0.1) is 0 Å². The summed E-state index contributed by atoms with van der Waals surface area (Å²) in [7, 11) is 1.36. The predicted octanol–water partition coefficient (Wildman–Crippen LogP) is 1.82. The number of aromatic nitrogens is 3. The van der Waals surface area contributed by atoms with Crippen molar-refractivity contribution in [2.24, 2.45) is 0 Å². The number of amides is 1. The summed E-state index contributed by atoms with van der Waals surface area (Å²) in [6.07, 6.45) is 2.71. The maximum atomic E-state index is 12.9. The van der Waals surface area contributed by atoms with Gasteiger partial charge in [-0.05, 0) is 38.8 Å². The molecule has 2 aromatic rings. The summed E-state index contributed by atoms with van der Waals surface area (Å²) >= 11 is 0. The Morgan fingerprint density at radius 3 is 2.54 bits per heavy atom. The minimum absolute atomic E-state index is 0.0919. The predicted molar refractivity (Wildman–Crippen MR) is 95.1 cm³/mol. The number of rotatable bonds is 2. The van der Waals surface area contributed by atoms with E-state index in [1.54, 1.807) is 11.8 Å². The summed E-state index contributed by atoms with van der Waals surface area (Å²) in [5.74, 6) is -0.479. The van der Waals surface area contributed by atoms with Crippen molar-refractivity contribution in [3.63, 3.8) is 0 Å². The van der Waals surface area contributed by atoms with Crippen LogP contribution in [0.15, 0.2) is 12.4 Å². The third-order valence-corrected chi connectivity index (χ3v) is 4.88. The highest BCUT2D eigenvalue weighted by Gasteiger charge is 2.24. The van der Waals surface area contributed by atoms with Gasteiger partial charge in [-0.25, -0.2) is 14.8 Å². The summed E-state index contributed by atoms with van der Waals surface area (Å²) in [6, 6.07) is 1.84. The molecular weight excluding hydrogens is 332 g/mol. The highest BCUT2D eigenvalue weighted by atomic mass is 16.5. The summed E-state index contributed by atoms with van der Waals surface area (Å²) in [6.45, 7) is 6.65. The first kappa shape index (κ1) is 18.0. The van der Waals surface area contributed by atoms with Gasteiger partial charge in [0.2, 0.25) is 0 Å². The summed E-state index contributed by atoms with van der Waals surface area (Å²) in [5.41, 5.74) is 5.11. The van der Waals surface area contributed by atoms with E-state index < -0.39 is 0 Å². The molecule has 0 radical (unpaired) electrons. The Bertz CT molecular complexity index is 879. The van der Waals surface area contributed by atoms with Gasteiger partial charge in [0.15, 0.2) is 0 Å². The molecule has 0 fully saturated rings. The number of aryl methyl sites for hydroxylation is 2. The van der Waals surface area contributed by atoms with Crippen LogP contribution >= 0.6 is 0 Å². The van der Waals surface area contributed by atoms with E-state index in [0.29, 0.717) is 42.9 Å². The maximum absolute atomic E-state index is 12.9. The highest BCUT2D eigenvalue weighted by Crippen LogP contribution is 2.20. The Labute approximate surface area is 152 Å². The fourth-order valence-corrected chi connectivity index (χ4v) is 3.16. The van der Waals surface area contributed by atoms with Crippen LogP contribution in [-0.2, 0) is 17.6 Å². The summed E-state index contributed by atoms with van der Waals surface area (Å²) in [5, 5.41) is 0. The molecule has 26 heavy (non-hydrogen) atoms. The molecule has 0 N–H and O–H groups in total. The van der Waals surface area contributed by atoms with Crippen molar-refractivity contribution >= 4 is 11.9 Å². The molecule has 1 aliphatic heterocycles. The molecule has 7 nitrogen and oxygen atoms in total. The molecule has 1 aliphatic rings. The average molecular weight is 354 g/mol. The second-order valence-electron chi connectivity index (χ2n) is 6.44. The van der Waals surface area contributed by atoms with Crippen molar-refractivity contribution in [1.82, 2.24) is 19.9 Å². The molecule has 0 saturated heterocycles. The fourth-order valence-electron chi connectivity index (χ4n) is 3.16. The zero-order chi connectivity index (χ0) is 18.8. The number of ether oxygens (including phenoxy) is 1. The lowest BCUT2D eigenvalue weighted by atomic mass is 10.0. The van der Waals surface area contributed by atoms with Crippen LogP contribution in [0.5, 0.6) is 0 Å². The lowest BCUT2D eigenvalue weighted by Crippen LogP contribution is -2.34. The minimum Gasteiger partial charge on any atom is -0.465 e. The first-order valence-corrected chi connectivity index (χ1v) is 8.57. The van der Waals surface area contributed by atoms with E-state index in [4.69, 9.17) is 4.74 Å². The van der Waals surface area contributed by atoms with Gasteiger partial charge in [0.25, 0.3) is 5.91 Å². The monoisotopic (exact) mass is 354 g/mol. The Balaban J connectivity index is 1.85. The highest BCUT2D eigenvalue weighted by molar-refractivity contribution is 5.94. The molecule has 0 bridgehead atoms. The Morgan fingerprint density at radius 2 is 1.81 bits per heavy atom. The Morgan fingerprint density at radius 1 is 1.08 bits per heavy atom. The van der Waals surface area contributed by atoms with Gasteiger partial charge in [-0.1, -0.05) is 0 Å². The van der Waals surface area contributed by atoms with Crippen LogP contribution < -0.4 is 0 Å². The molecule has 1 amide bonds. The van der Waals surface area contributed by atoms with E-state index in [-0.39, 0.29) is 11.9 Å². The van der Waals surface area contributed by atoms with Gasteiger partial charge in [0.1, 0.15) is 12.0 Å². The molecule has 0 atom stereocenters. The molecule has 0 aliphatic carbocycles. The van der Waals surface area contributed by atoms with Crippen molar-refractivity contribution in [3.8, 4) is 0 Å². The first-order chi connectivity index (χ1) is 12.4. The molecule has 0 spiro atoms. The van der Waals surface area contributed by atoms with Crippen molar-refractivity contribution in [3.05, 3.63) is 51.9 Å². The van der Waals surface area contributed by atoms with Crippen LogP contribution in [0.2, 0.25) is 0 Å². The van der Waals surface area contributed by atoms with Gasteiger partial charge >= 0.3 is 5.97 Å². The number of nitrogens with zero attached hydrogens (tertiary/aromatic N) is 4. The van der Waals surface area contributed by atoms with Gasteiger partial charge in [0, 0.05) is 36.5 Å². The van der Waals surface area contributed by atoms with Crippen LogP contribution in [0.1, 0.15) is 49.1 Å². The average Bonchev–Trinajstić information content (AvgIpc) is 2.84. The number of hydrogen-bond acceptors (Lipinski definition) is 6. The molecule has 0 saturated carbocycles. The van der Waals surface area contributed by atoms with E-state index >= 15 is 0 Å². The van der Waals surface area contributed by atoms with Gasteiger partial charge in [0.05, 0.1) is 18.4 Å². The van der Waals surface area contributed by atoms with Crippen LogP contribution in [-0.4, -0.2) is 51.9 Å². The normalized spacial score (nSPS) is 13.8. The van der Waals surface area contributed by atoms with E-state index in [1.807, 2.05) is 19.9 Å².